The summed E-state index contributed by atoms with van der Waals surface area (Å²) in [6.07, 6.45) is 1.78. The van der Waals surface area contributed by atoms with Gasteiger partial charge >= 0.3 is 5.97 Å². The van der Waals surface area contributed by atoms with Crippen LogP contribution in [0.3, 0.4) is 0 Å². The summed E-state index contributed by atoms with van der Waals surface area (Å²) in [6.45, 7) is 1.01. The maximum Gasteiger partial charge on any atom is 0.339 e. The largest absolute Gasteiger partial charge is 0.478 e. The van der Waals surface area contributed by atoms with E-state index >= 15 is 0 Å². The van der Waals surface area contributed by atoms with Crippen molar-refractivity contribution in [1.82, 2.24) is 9.78 Å². The fraction of sp³-hybridized carbons (Fsp3) is 0.500. The molecular weight excluding hydrogens is 170 g/mol. The molecule has 0 fully saturated rings. The molecule has 3 N–H and O–H groups in total. The van der Waals surface area contributed by atoms with Crippen molar-refractivity contribution < 1.29 is 9.90 Å². The van der Waals surface area contributed by atoms with Crippen LogP contribution in [0.5, 0.6) is 0 Å². The summed E-state index contributed by atoms with van der Waals surface area (Å²) >= 11 is 0. The lowest BCUT2D eigenvalue weighted by molar-refractivity contribution is 0.0694. The van der Waals surface area contributed by atoms with Gasteiger partial charge in [0.1, 0.15) is 5.56 Å². The molecule has 1 aromatic heterocycles. The Bertz CT molecular complexity index is 357. The molecule has 5 nitrogen and oxygen atoms in total. The highest BCUT2D eigenvalue weighted by atomic mass is 16.4. The molecule has 0 saturated carbocycles. The summed E-state index contributed by atoms with van der Waals surface area (Å²) in [5.41, 5.74) is 7.06. The minimum Gasteiger partial charge on any atom is -0.478 e. The predicted octanol–water partition coefficient (Wildman–Crippen LogP) is -0.0138. The van der Waals surface area contributed by atoms with Crippen LogP contribution in [0.2, 0.25) is 0 Å². The summed E-state index contributed by atoms with van der Waals surface area (Å²) in [6, 6.07) is 0. The number of aromatic nitrogens is 2. The van der Waals surface area contributed by atoms with Crippen molar-refractivity contribution in [3.05, 3.63) is 17.0 Å². The van der Waals surface area contributed by atoms with E-state index in [1.54, 1.807) is 4.68 Å². The minimum atomic E-state index is -0.913. The molecule has 0 unspecified atom stereocenters. The number of carbonyl (C=O) groups is 1. The molecule has 13 heavy (non-hydrogen) atoms. The van der Waals surface area contributed by atoms with E-state index < -0.39 is 5.97 Å². The van der Waals surface area contributed by atoms with Gasteiger partial charge < -0.3 is 10.8 Å². The van der Waals surface area contributed by atoms with Gasteiger partial charge in [-0.25, -0.2) is 4.79 Å². The maximum atomic E-state index is 10.9. The minimum absolute atomic E-state index is 0.196. The smallest absolute Gasteiger partial charge is 0.339 e. The first-order valence-corrected chi connectivity index (χ1v) is 4.26. The number of carboxylic acid groups (broad SMARTS) is 1. The Hall–Kier alpha value is -1.36. The van der Waals surface area contributed by atoms with Crippen LogP contribution in [0.25, 0.3) is 0 Å². The third-order valence-corrected chi connectivity index (χ3v) is 2.32. The topological polar surface area (TPSA) is 81.1 Å². The number of nitrogens with zero attached hydrogens (tertiary/aromatic N) is 2. The molecule has 0 spiro atoms. The number of hydrogen-bond donors (Lipinski definition) is 2. The fourth-order valence-corrected chi connectivity index (χ4v) is 1.78. The molecule has 0 bridgehead atoms. The van der Waals surface area contributed by atoms with Crippen molar-refractivity contribution in [2.75, 3.05) is 0 Å². The van der Waals surface area contributed by atoms with Gasteiger partial charge in [0, 0.05) is 13.1 Å². The summed E-state index contributed by atoms with van der Waals surface area (Å²) in [4.78, 5) is 10.9. The van der Waals surface area contributed by atoms with Gasteiger partial charge in [0.2, 0.25) is 0 Å². The zero-order valence-electron chi connectivity index (χ0n) is 7.16. The summed E-state index contributed by atoms with van der Waals surface area (Å²) in [7, 11) is 0. The molecule has 1 aliphatic rings. The second-order valence-corrected chi connectivity index (χ2v) is 3.10. The van der Waals surface area contributed by atoms with E-state index in [1.807, 2.05) is 0 Å². The van der Waals surface area contributed by atoms with Crippen molar-refractivity contribution in [2.24, 2.45) is 5.73 Å². The lowest BCUT2D eigenvalue weighted by atomic mass is 10.1. The summed E-state index contributed by atoms with van der Waals surface area (Å²) in [5.74, 6) is -0.913. The van der Waals surface area contributed by atoms with Gasteiger partial charge in [0.05, 0.1) is 11.4 Å². The fourth-order valence-electron chi connectivity index (χ4n) is 1.78. The van der Waals surface area contributed by atoms with E-state index in [2.05, 4.69) is 5.10 Å². The zero-order chi connectivity index (χ0) is 9.42. The molecular formula is C8H11N3O2. The Kier molecular flexibility index (Phi) is 1.81. The van der Waals surface area contributed by atoms with Crippen molar-refractivity contribution >= 4 is 5.97 Å². The van der Waals surface area contributed by atoms with Crippen LogP contribution >= 0.6 is 0 Å². The number of aryl methyl sites for hydroxylation is 1. The first-order valence-electron chi connectivity index (χ1n) is 4.26. The second-order valence-electron chi connectivity index (χ2n) is 3.10. The van der Waals surface area contributed by atoms with E-state index in [0.29, 0.717) is 11.3 Å². The second kappa shape index (κ2) is 2.85. The lowest BCUT2D eigenvalue weighted by Gasteiger charge is -1.94. The van der Waals surface area contributed by atoms with Crippen LogP contribution in [0.1, 0.15) is 28.2 Å². The molecule has 0 aliphatic carbocycles. The van der Waals surface area contributed by atoms with Gasteiger partial charge in [-0.15, -0.1) is 0 Å². The number of aromatic carboxylic acids is 1. The van der Waals surface area contributed by atoms with Crippen LogP contribution in [-0.4, -0.2) is 20.9 Å². The predicted molar refractivity (Wildman–Crippen MR) is 45.4 cm³/mol. The number of nitrogens with two attached hydrogens (primary N) is 1. The Labute approximate surface area is 75.2 Å². The molecule has 0 amide bonds. The zero-order valence-corrected chi connectivity index (χ0v) is 7.16. The molecule has 0 radical (unpaired) electrons. The molecule has 2 rings (SSSR count). The van der Waals surface area contributed by atoms with Gasteiger partial charge in [-0.3, -0.25) is 4.68 Å². The van der Waals surface area contributed by atoms with Gasteiger partial charge in [-0.05, 0) is 12.8 Å². The Balaban J connectivity index is 2.55. The van der Waals surface area contributed by atoms with Gasteiger partial charge in [-0.1, -0.05) is 0 Å². The lowest BCUT2D eigenvalue weighted by Crippen LogP contribution is -2.07. The molecule has 0 atom stereocenters. The summed E-state index contributed by atoms with van der Waals surface area (Å²) < 4.78 is 1.76. The first-order chi connectivity index (χ1) is 6.24. The van der Waals surface area contributed by atoms with E-state index in [9.17, 15) is 4.79 Å². The molecule has 0 saturated heterocycles. The maximum absolute atomic E-state index is 10.9. The first kappa shape index (κ1) is 8.25. The average Bonchev–Trinajstić information content (AvgIpc) is 2.59. The van der Waals surface area contributed by atoms with Gasteiger partial charge in [0.15, 0.2) is 0 Å². The highest BCUT2D eigenvalue weighted by molar-refractivity contribution is 5.90. The van der Waals surface area contributed by atoms with Crippen LogP contribution in [0, 0.1) is 0 Å². The van der Waals surface area contributed by atoms with Crippen molar-refractivity contribution in [3.63, 3.8) is 0 Å². The molecule has 2 heterocycles. The number of fused-ring (bicyclic) bond motifs is 1. The van der Waals surface area contributed by atoms with E-state index in [-0.39, 0.29) is 6.54 Å². The normalized spacial score (nSPS) is 14.5. The highest BCUT2D eigenvalue weighted by Crippen LogP contribution is 2.21. The Morgan fingerprint density at radius 2 is 2.46 bits per heavy atom. The number of hydrogen-bond acceptors (Lipinski definition) is 3. The van der Waals surface area contributed by atoms with Crippen molar-refractivity contribution in [3.8, 4) is 0 Å². The van der Waals surface area contributed by atoms with Crippen molar-refractivity contribution in [2.45, 2.75) is 25.9 Å². The average molecular weight is 181 g/mol. The standard InChI is InChI=1S/C8H11N3O2/c9-4-5-7(8(12)13)6-2-1-3-11(6)10-5/h1-4,9H2,(H,12,13). The van der Waals surface area contributed by atoms with E-state index in [1.165, 1.54) is 0 Å². The third kappa shape index (κ3) is 1.12. The van der Waals surface area contributed by atoms with Crippen LogP contribution in [-0.2, 0) is 19.5 Å². The molecule has 1 aliphatic heterocycles. The SMILES string of the molecule is NCc1nn2c(c1C(=O)O)CCC2. The number of carboxylic acids is 1. The third-order valence-electron chi connectivity index (χ3n) is 2.32. The highest BCUT2D eigenvalue weighted by Gasteiger charge is 2.24. The van der Waals surface area contributed by atoms with Gasteiger partial charge in [-0.2, -0.15) is 5.10 Å². The monoisotopic (exact) mass is 181 g/mol. The van der Waals surface area contributed by atoms with Gasteiger partial charge in [0.25, 0.3) is 0 Å². The van der Waals surface area contributed by atoms with Crippen LogP contribution in [0.4, 0.5) is 0 Å². The Morgan fingerprint density at radius 3 is 3.08 bits per heavy atom. The molecule has 5 heteroatoms. The van der Waals surface area contributed by atoms with E-state index in [0.717, 1.165) is 25.1 Å². The Morgan fingerprint density at radius 1 is 1.69 bits per heavy atom. The molecule has 70 valence electrons. The molecule has 0 aromatic carbocycles. The quantitative estimate of drug-likeness (QED) is 0.672. The number of rotatable bonds is 2. The van der Waals surface area contributed by atoms with Crippen molar-refractivity contribution in [1.29, 1.82) is 0 Å². The van der Waals surface area contributed by atoms with E-state index in [4.69, 9.17) is 10.8 Å². The van der Waals surface area contributed by atoms with Crippen LogP contribution < -0.4 is 5.73 Å². The molecule has 1 aromatic rings. The van der Waals surface area contributed by atoms with Crippen LogP contribution in [0.15, 0.2) is 0 Å². The summed E-state index contributed by atoms with van der Waals surface area (Å²) in [5, 5.41) is 13.1.